The van der Waals surface area contributed by atoms with E-state index in [1.165, 1.54) is 11.3 Å². The molecular weight excluding hydrogens is 374 g/mol. The number of halogens is 1. The summed E-state index contributed by atoms with van der Waals surface area (Å²) in [6.07, 6.45) is 7.63. The first kappa shape index (κ1) is 17.0. The molecule has 0 aliphatic carbocycles. The van der Waals surface area contributed by atoms with Crippen molar-refractivity contribution < 1.29 is 4.74 Å². The number of aryl methyl sites for hydroxylation is 1. The van der Waals surface area contributed by atoms with Crippen LogP contribution < -0.4 is 10.1 Å². The predicted octanol–water partition coefficient (Wildman–Crippen LogP) is 4.75. The van der Waals surface area contributed by atoms with E-state index in [1.807, 2.05) is 36.5 Å². The molecule has 0 bridgehead atoms. The van der Waals surface area contributed by atoms with Gasteiger partial charge in [-0.05, 0) is 54.6 Å². The van der Waals surface area contributed by atoms with Crippen molar-refractivity contribution in [3.8, 4) is 5.75 Å². The molecule has 1 N–H and O–H groups in total. The summed E-state index contributed by atoms with van der Waals surface area (Å²) in [6.45, 7) is 1.55. The summed E-state index contributed by atoms with van der Waals surface area (Å²) in [5.41, 5.74) is 3.30. The Morgan fingerprint density at radius 1 is 1.11 bits per heavy atom. The Kier molecular flexibility index (Phi) is 4.33. The molecule has 0 spiro atoms. The van der Waals surface area contributed by atoms with Crippen molar-refractivity contribution >= 4 is 33.9 Å². The second-order valence-electron chi connectivity index (χ2n) is 6.77. The summed E-state index contributed by atoms with van der Waals surface area (Å²) < 4.78 is 8.11. The summed E-state index contributed by atoms with van der Waals surface area (Å²) in [4.78, 5) is 8.55. The summed E-state index contributed by atoms with van der Waals surface area (Å²) in [5, 5.41) is 10.2. The van der Waals surface area contributed by atoms with E-state index in [1.54, 1.807) is 18.5 Å². The smallest absolute Gasteiger partial charge is 0.138 e. The maximum atomic E-state index is 6.04. The van der Waals surface area contributed by atoms with Crippen molar-refractivity contribution in [1.82, 2.24) is 19.7 Å². The average Bonchev–Trinajstić information content (AvgIpc) is 3.32. The first-order valence-electron chi connectivity index (χ1n) is 9.20. The molecule has 6 nitrogen and oxygen atoms in total. The number of hydrogen-bond acceptors (Lipinski definition) is 5. The van der Waals surface area contributed by atoms with E-state index in [0.717, 1.165) is 47.4 Å². The Hall–Kier alpha value is -3.12. The molecule has 1 aromatic carbocycles. The van der Waals surface area contributed by atoms with Gasteiger partial charge in [-0.2, -0.15) is 5.10 Å². The molecule has 0 atom stereocenters. The second kappa shape index (κ2) is 7.13. The van der Waals surface area contributed by atoms with E-state index < -0.39 is 0 Å². The number of nitrogens with one attached hydrogen (secondary N) is 1. The van der Waals surface area contributed by atoms with Crippen molar-refractivity contribution in [2.75, 3.05) is 5.32 Å². The fourth-order valence-electron chi connectivity index (χ4n) is 3.54. The number of fused-ring (bicyclic) bond motifs is 2. The third-order valence-electron chi connectivity index (χ3n) is 4.94. The molecule has 4 heterocycles. The number of anilines is 2. The van der Waals surface area contributed by atoms with Gasteiger partial charge in [0.05, 0.1) is 18.1 Å². The number of pyridine rings is 2. The van der Waals surface area contributed by atoms with Crippen molar-refractivity contribution in [3.05, 3.63) is 71.4 Å². The zero-order valence-corrected chi connectivity index (χ0v) is 15.9. The van der Waals surface area contributed by atoms with Gasteiger partial charge in [0.2, 0.25) is 0 Å². The monoisotopic (exact) mass is 391 g/mol. The summed E-state index contributed by atoms with van der Waals surface area (Å²) in [7, 11) is 0. The lowest BCUT2D eigenvalue weighted by molar-refractivity contribution is 0.305. The van der Waals surface area contributed by atoms with Gasteiger partial charge in [-0.15, -0.1) is 0 Å². The van der Waals surface area contributed by atoms with Crippen LogP contribution in [0.2, 0.25) is 5.15 Å². The first-order valence-corrected chi connectivity index (χ1v) is 9.58. The molecule has 7 heteroatoms. The number of hydrogen-bond donors (Lipinski definition) is 1. The highest BCUT2D eigenvalue weighted by Gasteiger charge is 2.16. The third-order valence-corrected chi connectivity index (χ3v) is 5.16. The molecule has 1 aliphatic rings. The van der Waals surface area contributed by atoms with Crippen LogP contribution in [0.25, 0.3) is 10.8 Å². The van der Waals surface area contributed by atoms with Crippen LogP contribution >= 0.6 is 11.6 Å². The molecule has 1 aliphatic heterocycles. The minimum absolute atomic E-state index is 0.460. The van der Waals surface area contributed by atoms with E-state index in [0.29, 0.717) is 11.8 Å². The third kappa shape index (κ3) is 3.27. The van der Waals surface area contributed by atoms with Crippen LogP contribution in [-0.4, -0.2) is 19.7 Å². The molecule has 0 saturated heterocycles. The van der Waals surface area contributed by atoms with E-state index in [-0.39, 0.29) is 0 Å². The van der Waals surface area contributed by atoms with Crippen molar-refractivity contribution in [2.24, 2.45) is 0 Å². The molecular formula is C21H18ClN5O. The molecule has 3 aromatic heterocycles. The van der Waals surface area contributed by atoms with Crippen LogP contribution in [0.1, 0.15) is 17.7 Å². The van der Waals surface area contributed by atoms with Crippen molar-refractivity contribution in [1.29, 1.82) is 0 Å². The van der Waals surface area contributed by atoms with Crippen LogP contribution in [0.3, 0.4) is 0 Å². The quantitative estimate of drug-likeness (QED) is 0.497. The molecule has 140 valence electrons. The van der Waals surface area contributed by atoms with Gasteiger partial charge in [-0.1, -0.05) is 11.6 Å². The maximum Gasteiger partial charge on any atom is 0.138 e. The van der Waals surface area contributed by atoms with E-state index in [2.05, 4.69) is 25.1 Å². The average molecular weight is 392 g/mol. The van der Waals surface area contributed by atoms with Gasteiger partial charge >= 0.3 is 0 Å². The highest BCUT2D eigenvalue weighted by atomic mass is 35.5. The van der Waals surface area contributed by atoms with Gasteiger partial charge in [-0.25, -0.2) is 9.97 Å². The Bertz CT molecular complexity index is 1140. The molecule has 0 radical (unpaired) electrons. The fraction of sp³-hybridized carbons (Fsp3) is 0.190. The predicted molar refractivity (Wildman–Crippen MR) is 109 cm³/mol. The van der Waals surface area contributed by atoms with Crippen molar-refractivity contribution in [3.63, 3.8) is 0 Å². The molecule has 0 amide bonds. The number of rotatable bonds is 5. The van der Waals surface area contributed by atoms with Gasteiger partial charge in [0.15, 0.2) is 0 Å². The fourth-order valence-corrected chi connectivity index (χ4v) is 3.65. The zero-order valence-electron chi connectivity index (χ0n) is 15.1. The largest absolute Gasteiger partial charge is 0.489 e. The highest BCUT2D eigenvalue weighted by Crippen LogP contribution is 2.28. The summed E-state index contributed by atoms with van der Waals surface area (Å²) in [5.74, 6) is 1.60. The lowest BCUT2D eigenvalue weighted by atomic mass is 10.1. The second-order valence-corrected chi connectivity index (χ2v) is 7.16. The standard InChI is InChI=1S/C21H18ClN5O/c22-20-6-3-16(12-24-20)26-21-18-5-4-17(10-14(18)7-8-23-21)28-13-15-11-25-27-9-1-2-19(15)27/h3-8,10-12H,1-2,9,13H2,(H,23,26). The Morgan fingerprint density at radius 2 is 2.07 bits per heavy atom. The Morgan fingerprint density at radius 3 is 2.96 bits per heavy atom. The Balaban J connectivity index is 1.36. The first-order chi connectivity index (χ1) is 13.8. The summed E-state index contributed by atoms with van der Waals surface area (Å²) >= 11 is 5.85. The van der Waals surface area contributed by atoms with Gasteiger partial charge in [-0.3, -0.25) is 4.68 Å². The van der Waals surface area contributed by atoms with Crippen molar-refractivity contribution in [2.45, 2.75) is 26.0 Å². The number of nitrogens with zero attached hydrogens (tertiary/aromatic N) is 4. The molecule has 0 fully saturated rings. The van der Waals surface area contributed by atoms with Gasteiger partial charge in [0.25, 0.3) is 0 Å². The number of benzene rings is 1. The topological polar surface area (TPSA) is 64.9 Å². The zero-order chi connectivity index (χ0) is 18.9. The van der Waals surface area contributed by atoms with Gasteiger partial charge in [0, 0.05) is 29.4 Å². The lowest BCUT2D eigenvalue weighted by Gasteiger charge is -2.11. The van der Waals surface area contributed by atoms with Crippen LogP contribution in [0, 0.1) is 0 Å². The minimum atomic E-state index is 0.460. The van der Waals surface area contributed by atoms with E-state index >= 15 is 0 Å². The lowest BCUT2D eigenvalue weighted by Crippen LogP contribution is -1.99. The minimum Gasteiger partial charge on any atom is -0.489 e. The van der Waals surface area contributed by atoms with Gasteiger partial charge < -0.3 is 10.1 Å². The molecule has 0 unspecified atom stereocenters. The molecule has 28 heavy (non-hydrogen) atoms. The Labute approximate surface area is 167 Å². The van der Waals surface area contributed by atoms with E-state index in [9.17, 15) is 0 Å². The maximum absolute atomic E-state index is 6.04. The highest BCUT2D eigenvalue weighted by molar-refractivity contribution is 6.29. The molecule has 0 saturated carbocycles. The van der Waals surface area contributed by atoms with Crippen LogP contribution in [0.4, 0.5) is 11.5 Å². The van der Waals surface area contributed by atoms with Crippen LogP contribution in [-0.2, 0) is 19.6 Å². The van der Waals surface area contributed by atoms with Crippen LogP contribution in [0.15, 0.2) is 55.0 Å². The SMILES string of the molecule is Clc1ccc(Nc2nccc3cc(OCc4cnn5c4CCC5)ccc23)cn1. The van der Waals surface area contributed by atoms with Gasteiger partial charge in [0.1, 0.15) is 23.3 Å². The van der Waals surface area contributed by atoms with Crippen LogP contribution in [0.5, 0.6) is 5.75 Å². The molecule has 5 rings (SSSR count). The molecule has 4 aromatic rings. The van der Waals surface area contributed by atoms with E-state index in [4.69, 9.17) is 16.3 Å². The number of aromatic nitrogens is 4. The summed E-state index contributed by atoms with van der Waals surface area (Å²) in [6, 6.07) is 11.6. The number of ether oxygens (including phenoxy) is 1. The normalized spacial score (nSPS) is 12.9.